The van der Waals surface area contributed by atoms with Gasteiger partial charge in [0.2, 0.25) is 0 Å². The number of nitro benzene ring substituents is 1. The van der Waals surface area contributed by atoms with E-state index in [4.69, 9.17) is 0 Å². The van der Waals surface area contributed by atoms with E-state index < -0.39 is 16.6 Å². The summed E-state index contributed by atoms with van der Waals surface area (Å²) in [6.45, 7) is 8.45. The van der Waals surface area contributed by atoms with E-state index >= 15 is 0 Å². The van der Waals surface area contributed by atoms with Crippen molar-refractivity contribution in [2.75, 3.05) is 18.4 Å². The molecule has 138 valence electrons. The van der Waals surface area contributed by atoms with Crippen LogP contribution in [0.4, 0.5) is 16.2 Å². The highest BCUT2D eigenvalue weighted by molar-refractivity contribution is 9.10. The first kappa shape index (κ1) is 19.7. The van der Waals surface area contributed by atoms with Gasteiger partial charge in [-0.3, -0.25) is 14.6 Å². The minimum Gasteiger partial charge on any atom is -0.498 e. The predicted octanol–water partition coefficient (Wildman–Crippen LogP) is 3.20. The van der Waals surface area contributed by atoms with Gasteiger partial charge in [0, 0.05) is 29.4 Å². The van der Waals surface area contributed by atoms with E-state index in [-0.39, 0.29) is 16.2 Å². The van der Waals surface area contributed by atoms with Crippen LogP contribution in [0.2, 0.25) is 0 Å². The Morgan fingerprint density at radius 3 is 2.32 bits per heavy atom. The predicted molar refractivity (Wildman–Crippen MR) is 97.3 cm³/mol. The van der Waals surface area contributed by atoms with Gasteiger partial charge < -0.3 is 15.2 Å². The fourth-order valence-electron chi connectivity index (χ4n) is 3.44. The summed E-state index contributed by atoms with van der Waals surface area (Å²) in [7, 11) is 0. The number of carbonyl (C=O) groups is 1. The number of nitro groups is 1. The molecule has 2 rings (SSSR count). The highest BCUT2D eigenvalue weighted by Crippen LogP contribution is 2.35. The highest BCUT2D eigenvalue weighted by atomic mass is 79.9. The zero-order valence-corrected chi connectivity index (χ0v) is 16.6. The molecular formula is C17H24BrN3O4. The molecule has 0 atom stereocenters. The normalized spacial score (nSPS) is 24.0. The van der Waals surface area contributed by atoms with Crippen LogP contribution in [-0.2, 0) is 0 Å². The molecule has 1 fully saturated rings. The summed E-state index contributed by atoms with van der Waals surface area (Å²) in [4.78, 5) is 22.7. The fraction of sp³-hybridized carbons (Fsp3) is 0.588. The quantitative estimate of drug-likeness (QED) is 0.466. The lowest BCUT2D eigenvalue weighted by molar-refractivity contribution is -0.923. The summed E-state index contributed by atoms with van der Waals surface area (Å²) in [5.74, 6) is 0. The lowest BCUT2D eigenvalue weighted by Crippen LogP contribution is -2.70. The van der Waals surface area contributed by atoms with Gasteiger partial charge in [-0.2, -0.15) is 0 Å². The average molecular weight is 414 g/mol. The number of amides is 1. The van der Waals surface area contributed by atoms with Crippen molar-refractivity contribution < 1.29 is 19.3 Å². The largest absolute Gasteiger partial charge is 0.498 e. The van der Waals surface area contributed by atoms with Crippen LogP contribution >= 0.6 is 15.9 Å². The number of benzene rings is 1. The number of carboxylic acid groups (broad SMARTS) is 1. The van der Waals surface area contributed by atoms with Crippen molar-refractivity contribution in [2.45, 2.75) is 52.1 Å². The number of piperidine rings is 1. The van der Waals surface area contributed by atoms with Crippen LogP contribution in [0.3, 0.4) is 0 Å². The maximum absolute atomic E-state index is 11.8. The number of halogens is 1. The minimum atomic E-state index is -1.06. The van der Waals surface area contributed by atoms with Gasteiger partial charge in [0.1, 0.15) is 5.69 Å². The third-order valence-electron chi connectivity index (χ3n) is 5.19. The van der Waals surface area contributed by atoms with Crippen LogP contribution in [-0.4, -0.2) is 40.2 Å². The van der Waals surface area contributed by atoms with Gasteiger partial charge in [-0.05, 0) is 39.3 Å². The van der Waals surface area contributed by atoms with Gasteiger partial charge in [-0.15, -0.1) is 0 Å². The van der Waals surface area contributed by atoms with E-state index in [1.807, 2.05) is 27.7 Å². The summed E-state index contributed by atoms with van der Waals surface area (Å²) >= 11 is 3.32. The smallest absolute Gasteiger partial charge is 0.293 e. The molecule has 1 aromatic carbocycles. The molecule has 0 radical (unpaired) electrons. The van der Waals surface area contributed by atoms with Gasteiger partial charge >= 0.3 is 0 Å². The Morgan fingerprint density at radius 2 is 1.88 bits per heavy atom. The van der Waals surface area contributed by atoms with Crippen LogP contribution in [0.25, 0.3) is 0 Å². The molecule has 7 nitrogen and oxygen atoms in total. The molecule has 0 bridgehead atoms. The first-order chi connectivity index (χ1) is 11.5. The van der Waals surface area contributed by atoms with Crippen LogP contribution in [0.1, 0.15) is 39.2 Å². The van der Waals surface area contributed by atoms with Gasteiger partial charge in [0.25, 0.3) is 11.8 Å². The SMILES string of the molecule is Cc1cc(NC2CC[N+](C(=O)[O-])(C(C)(C)C)CC2)c([N+](=O)[O-])cc1Br. The molecule has 0 saturated carbocycles. The van der Waals surface area contributed by atoms with E-state index in [1.54, 1.807) is 6.07 Å². The van der Waals surface area contributed by atoms with Crippen LogP contribution in [0, 0.1) is 17.0 Å². The van der Waals surface area contributed by atoms with E-state index in [0.29, 0.717) is 36.1 Å². The molecule has 1 amide bonds. The summed E-state index contributed by atoms with van der Waals surface area (Å²) in [6.07, 6.45) is 0.158. The summed E-state index contributed by atoms with van der Waals surface area (Å²) in [5.41, 5.74) is 0.933. The number of carbonyl (C=O) groups excluding carboxylic acids is 1. The molecule has 0 unspecified atom stereocenters. The van der Waals surface area contributed by atoms with E-state index in [2.05, 4.69) is 21.2 Å². The lowest BCUT2D eigenvalue weighted by Gasteiger charge is -2.51. The Hall–Kier alpha value is -1.67. The van der Waals surface area contributed by atoms with Crippen LogP contribution in [0.5, 0.6) is 0 Å². The van der Waals surface area contributed by atoms with Gasteiger partial charge in [0.15, 0.2) is 0 Å². The number of likely N-dealkylation sites (tertiary alicyclic amines) is 1. The zero-order chi connectivity index (χ0) is 19.0. The molecule has 1 aliphatic rings. The van der Waals surface area contributed by atoms with Crippen molar-refractivity contribution in [3.63, 3.8) is 0 Å². The minimum absolute atomic E-state index is 0.00720. The number of aryl methyl sites for hydroxylation is 1. The zero-order valence-electron chi connectivity index (χ0n) is 15.0. The number of hydrogen-bond acceptors (Lipinski definition) is 5. The van der Waals surface area contributed by atoms with E-state index in [1.165, 1.54) is 6.07 Å². The molecule has 1 aliphatic heterocycles. The maximum Gasteiger partial charge on any atom is 0.293 e. The number of hydrogen-bond donors (Lipinski definition) is 1. The Morgan fingerprint density at radius 1 is 1.32 bits per heavy atom. The number of quaternary nitrogens is 1. The molecule has 1 N–H and O–H groups in total. The van der Waals surface area contributed by atoms with Crippen molar-refractivity contribution in [3.05, 3.63) is 32.3 Å². The third-order valence-corrected chi connectivity index (χ3v) is 6.04. The molecule has 0 aromatic heterocycles. The second-order valence-electron chi connectivity index (χ2n) is 7.65. The molecule has 1 saturated heterocycles. The molecule has 1 aromatic rings. The Bertz CT molecular complexity index is 692. The van der Waals surface area contributed by atoms with Crippen LogP contribution in [0.15, 0.2) is 16.6 Å². The summed E-state index contributed by atoms with van der Waals surface area (Å²) < 4.78 is 0.598. The lowest BCUT2D eigenvalue weighted by atomic mass is 9.93. The van der Waals surface area contributed by atoms with E-state index in [0.717, 1.165) is 5.56 Å². The van der Waals surface area contributed by atoms with Gasteiger partial charge in [-0.1, -0.05) is 15.9 Å². The highest BCUT2D eigenvalue weighted by Gasteiger charge is 2.45. The van der Waals surface area contributed by atoms with Crippen molar-refractivity contribution >= 4 is 33.4 Å². The topological polar surface area (TPSA) is 95.3 Å². The molecule has 25 heavy (non-hydrogen) atoms. The number of nitrogens with zero attached hydrogens (tertiary/aromatic N) is 2. The first-order valence-electron chi connectivity index (χ1n) is 8.28. The van der Waals surface area contributed by atoms with Crippen molar-refractivity contribution in [1.29, 1.82) is 0 Å². The number of nitrogens with one attached hydrogen (secondary N) is 1. The Labute approximate surface area is 155 Å². The molecular weight excluding hydrogens is 390 g/mol. The Kier molecular flexibility index (Phi) is 5.44. The van der Waals surface area contributed by atoms with Crippen molar-refractivity contribution in [2.24, 2.45) is 0 Å². The first-order valence-corrected chi connectivity index (χ1v) is 9.07. The molecule has 1 heterocycles. The number of anilines is 1. The molecule has 8 heteroatoms. The fourth-order valence-corrected chi connectivity index (χ4v) is 3.77. The third kappa shape index (κ3) is 3.79. The van der Waals surface area contributed by atoms with Crippen LogP contribution < -0.4 is 10.4 Å². The molecule has 0 spiro atoms. The van der Waals surface area contributed by atoms with E-state index in [9.17, 15) is 20.0 Å². The van der Waals surface area contributed by atoms with Gasteiger partial charge in [0.05, 0.1) is 23.6 Å². The van der Waals surface area contributed by atoms with Crippen molar-refractivity contribution in [1.82, 2.24) is 0 Å². The standard InChI is InChI=1S/C17H24BrN3O4/c1-11-9-14(15(20(24)25)10-13(11)18)19-12-5-7-21(8-6-12,16(22)23)17(2,3)4/h9-10,12,19H,5-8H2,1-4H3. The van der Waals surface area contributed by atoms with Crippen molar-refractivity contribution in [3.8, 4) is 0 Å². The summed E-state index contributed by atoms with van der Waals surface area (Å²) in [6, 6.07) is 3.24. The number of rotatable bonds is 3. The van der Waals surface area contributed by atoms with Gasteiger partial charge in [-0.25, -0.2) is 0 Å². The summed E-state index contributed by atoms with van der Waals surface area (Å²) in [5, 5.41) is 26.3. The maximum atomic E-state index is 11.8. The average Bonchev–Trinajstić information content (AvgIpc) is 2.49. The Balaban J connectivity index is 2.19. The second-order valence-corrected chi connectivity index (χ2v) is 8.50. The molecule has 0 aliphatic carbocycles. The monoisotopic (exact) mass is 413 g/mol. The second kappa shape index (κ2) is 6.92.